The van der Waals surface area contributed by atoms with Gasteiger partial charge in [-0.15, -0.1) is 0 Å². The van der Waals surface area contributed by atoms with Crippen LogP contribution in [0.5, 0.6) is 0 Å². The second-order valence-corrected chi connectivity index (χ2v) is 4.88. The Hall–Kier alpha value is -0.610. The normalized spacial score (nSPS) is 11.9. The Morgan fingerprint density at radius 2 is 1.72 bits per heavy atom. The van der Waals surface area contributed by atoms with Crippen LogP contribution in [0.2, 0.25) is 0 Å². The number of hydrogen-bond donors (Lipinski definition) is 2. The molecule has 18 heavy (non-hydrogen) atoms. The number of carbonyl (C=O) groups excluding carboxylic acids is 1. The van der Waals surface area contributed by atoms with Gasteiger partial charge in [0.25, 0.3) is 0 Å². The quantitative estimate of drug-likeness (QED) is 0.662. The van der Waals surface area contributed by atoms with Crippen LogP contribution >= 0.6 is 0 Å². The third-order valence-corrected chi connectivity index (χ3v) is 4.18. The van der Waals surface area contributed by atoms with Gasteiger partial charge in [-0.05, 0) is 25.7 Å². The maximum atomic E-state index is 12.7. The predicted octanol–water partition coefficient (Wildman–Crippen LogP) is 1.76. The van der Waals surface area contributed by atoms with Crippen molar-refractivity contribution in [2.45, 2.75) is 59.4 Å². The monoisotopic (exact) mass is 258 g/mol. The largest absolute Gasteiger partial charge is 0.395 e. The average Bonchev–Trinajstić information content (AvgIpc) is 2.41. The van der Waals surface area contributed by atoms with Gasteiger partial charge >= 0.3 is 0 Å². The van der Waals surface area contributed by atoms with Gasteiger partial charge in [-0.2, -0.15) is 0 Å². The molecule has 0 rings (SSSR count). The van der Waals surface area contributed by atoms with Crippen molar-refractivity contribution in [1.29, 1.82) is 0 Å². The van der Waals surface area contributed by atoms with E-state index in [1.807, 2.05) is 18.7 Å². The van der Waals surface area contributed by atoms with E-state index in [1.54, 1.807) is 0 Å². The second kappa shape index (κ2) is 8.48. The molecule has 0 heterocycles. The molecule has 0 aliphatic carbocycles. The van der Waals surface area contributed by atoms with Gasteiger partial charge in [0.2, 0.25) is 5.91 Å². The lowest BCUT2D eigenvalue weighted by molar-refractivity contribution is -0.145. The zero-order chi connectivity index (χ0) is 14.2. The van der Waals surface area contributed by atoms with E-state index < -0.39 is 5.41 Å². The van der Waals surface area contributed by atoms with E-state index in [0.717, 1.165) is 25.7 Å². The zero-order valence-corrected chi connectivity index (χ0v) is 12.4. The molecule has 0 aliphatic rings. The maximum Gasteiger partial charge on any atom is 0.230 e. The van der Waals surface area contributed by atoms with Gasteiger partial charge in [-0.3, -0.25) is 4.79 Å². The van der Waals surface area contributed by atoms with E-state index in [9.17, 15) is 9.90 Å². The number of rotatable bonds is 9. The summed E-state index contributed by atoms with van der Waals surface area (Å²) in [6.07, 6.45) is 3.33. The molecule has 3 N–H and O–H groups in total. The molecule has 0 saturated carbocycles. The number of nitrogens with two attached hydrogens (primary N) is 1. The standard InChI is InChI=1S/C14H30N2O2/c1-5-12(6-2)16(9-10-17)13(18)14(7-3,8-4)11-15/h12,17H,5-11,15H2,1-4H3. The minimum Gasteiger partial charge on any atom is -0.395 e. The summed E-state index contributed by atoms with van der Waals surface area (Å²) in [4.78, 5) is 14.6. The van der Waals surface area contributed by atoms with Crippen molar-refractivity contribution in [2.75, 3.05) is 19.7 Å². The highest BCUT2D eigenvalue weighted by molar-refractivity contribution is 5.83. The van der Waals surface area contributed by atoms with Gasteiger partial charge in [-0.25, -0.2) is 0 Å². The topological polar surface area (TPSA) is 66.6 Å². The van der Waals surface area contributed by atoms with Gasteiger partial charge in [-0.1, -0.05) is 27.7 Å². The van der Waals surface area contributed by atoms with Crippen LogP contribution in [0.25, 0.3) is 0 Å². The van der Waals surface area contributed by atoms with Gasteiger partial charge in [0.1, 0.15) is 0 Å². The molecule has 4 heteroatoms. The lowest BCUT2D eigenvalue weighted by atomic mass is 9.80. The molecular weight excluding hydrogens is 228 g/mol. The van der Waals surface area contributed by atoms with Gasteiger partial charge in [0.05, 0.1) is 12.0 Å². The van der Waals surface area contributed by atoms with Gasteiger partial charge in [0, 0.05) is 19.1 Å². The van der Waals surface area contributed by atoms with Crippen LogP contribution in [-0.4, -0.2) is 41.7 Å². The average molecular weight is 258 g/mol. The molecule has 0 aromatic heterocycles. The molecule has 0 aliphatic heterocycles. The van der Waals surface area contributed by atoms with Crippen molar-refractivity contribution < 1.29 is 9.90 Å². The Kier molecular flexibility index (Phi) is 8.20. The maximum absolute atomic E-state index is 12.7. The van der Waals surface area contributed by atoms with Gasteiger partial charge in [0.15, 0.2) is 0 Å². The molecule has 0 radical (unpaired) electrons. The summed E-state index contributed by atoms with van der Waals surface area (Å²) in [5.41, 5.74) is 5.38. The minimum atomic E-state index is -0.461. The lowest BCUT2D eigenvalue weighted by Crippen LogP contribution is -2.52. The summed E-state index contributed by atoms with van der Waals surface area (Å²) in [6, 6.07) is 0.202. The molecule has 0 aromatic carbocycles. The molecule has 0 fully saturated rings. The molecule has 0 unspecified atom stereocenters. The van der Waals surface area contributed by atoms with Crippen molar-refractivity contribution in [3.05, 3.63) is 0 Å². The van der Waals surface area contributed by atoms with Crippen LogP contribution < -0.4 is 5.73 Å². The smallest absolute Gasteiger partial charge is 0.230 e. The Morgan fingerprint density at radius 1 is 1.22 bits per heavy atom. The van der Waals surface area contributed by atoms with E-state index in [-0.39, 0.29) is 18.6 Å². The Balaban J connectivity index is 5.15. The highest BCUT2D eigenvalue weighted by Gasteiger charge is 2.38. The number of hydrogen-bond acceptors (Lipinski definition) is 3. The van der Waals surface area contributed by atoms with Crippen LogP contribution in [0.15, 0.2) is 0 Å². The van der Waals surface area contributed by atoms with Crippen LogP contribution in [0.4, 0.5) is 0 Å². The summed E-state index contributed by atoms with van der Waals surface area (Å²) in [6.45, 7) is 8.97. The zero-order valence-electron chi connectivity index (χ0n) is 12.4. The first kappa shape index (κ1) is 17.4. The number of aliphatic hydroxyl groups is 1. The Morgan fingerprint density at radius 3 is 2.00 bits per heavy atom. The van der Waals surface area contributed by atoms with Crippen molar-refractivity contribution in [2.24, 2.45) is 11.1 Å². The molecule has 0 spiro atoms. The van der Waals surface area contributed by atoms with Crippen LogP contribution in [0, 0.1) is 5.41 Å². The third-order valence-electron chi connectivity index (χ3n) is 4.18. The first-order valence-corrected chi connectivity index (χ1v) is 7.18. The SMILES string of the molecule is CCC(CC)N(CCO)C(=O)C(CC)(CC)CN. The number of aliphatic hydroxyl groups excluding tert-OH is 1. The van der Waals surface area contributed by atoms with Crippen LogP contribution in [0.1, 0.15) is 53.4 Å². The molecule has 0 saturated heterocycles. The first-order chi connectivity index (χ1) is 8.56. The Bertz CT molecular complexity index is 228. The predicted molar refractivity (Wildman–Crippen MR) is 75.2 cm³/mol. The molecule has 1 amide bonds. The van der Waals surface area contributed by atoms with Crippen LogP contribution in [0.3, 0.4) is 0 Å². The summed E-state index contributed by atoms with van der Waals surface area (Å²) in [5, 5.41) is 9.18. The van der Waals surface area contributed by atoms with E-state index in [2.05, 4.69) is 13.8 Å². The molecular formula is C14H30N2O2. The third kappa shape index (κ3) is 3.69. The van der Waals surface area contributed by atoms with Gasteiger partial charge < -0.3 is 15.7 Å². The number of amides is 1. The van der Waals surface area contributed by atoms with Crippen molar-refractivity contribution in [1.82, 2.24) is 4.90 Å². The van der Waals surface area contributed by atoms with Crippen molar-refractivity contribution in [3.8, 4) is 0 Å². The molecule has 0 aromatic rings. The fourth-order valence-electron chi connectivity index (χ4n) is 2.52. The summed E-state index contributed by atoms with van der Waals surface area (Å²) in [5.74, 6) is 0.109. The van der Waals surface area contributed by atoms with Crippen molar-refractivity contribution in [3.63, 3.8) is 0 Å². The number of carbonyl (C=O) groups is 1. The fourth-order valence-corrected chi connectivity index (χ4v) is 2.52. The minimum absolute atomic E-state index is 0.0102. The lowest BCUT2D eigenvalue weighted by Gasteiger charge is -2.39. The number of nitrogens with zero attached hydrogens (tertiary/aromatic N) is 1. The first-order valence-electron chi connectivity index (χ1n) is 7.18. The molecule has 4 nitrogen and oxygen atoms in total. The van der Waals surface area contributed by atoms with Crippen LogP contribution in [-0.2, 0) is 4.79 Å². The molecule has 0 atom stereocenters. The molecule has 0 bridgehead atoms. The highest BCUT2D eigenvalue weighted by atomic mass is 16.3. The molecule has 108 valence electrons. The summed E-state index contributed by atoms with van der Waals surface area (Å²) in [7, 11) is 0. The highest BCUT2D eigenvalue weighted by Crippen LogP contribution is 2.29. The second-order valence-electron chi connectivity index (χ2n) is 4.88. The fraction of sp³-hybridized carbons (Fsp3) is 0.929. The van der Waals surface area contributed by atoms with E-state index >= 15 is 0 Å². The van der Waals surface area contributed by atoms with E-state index in [1.165, 1.54) is 0 Å². The van der Waals surface area contributed by atoms with Crippen molar-refractivity contribution >= 4 is 5.91 Å². The summed E-state index contributed by atoms with van der Waals surface area (Å²) < 4.78 is 0. The van der Waals surface area contributed by atoms with E-state index in [0.29, 0.717) is 13.1 Å². The summed E-state index contributed by atoms with van der Waals surface area (Å²) >= 11 is 0. The Labute approximate surface area is 112 Å². The van der Waals surface area contributed by atoms with E-state index in [4.69, 9.17) is 5.73 Å².